The molecule has 0 bridgehead atoms. The van der Waals surface area contributed by atoms with Gasteiger partial charge in [-0.15, -0.1) is 0 Å². The number of anilines is 1. The molecule has 3 nitrogen and oxygen atoms in total. The van der Waals surface area contributed by atoms with Gasteiger partial charge in [0.15, 0.2) is 0 Å². The standard InChI is InChI=1S/C10H5I2NO2/c11-7-8(12)10(15)13(9(7)14)6-4-2-1-3-5-6/h1-5H. The van der Waals surface area contributed by atoms with Crippen LogP contribution in [0.25, 0.3) is 0 Å². The van der Waals surface area contributed by atoms with E-state index in [-0.39, 0.29) is 11.8 Å². The largest absolute Gasteiger partial charge is 0.272 e. The van der Waals surface area contributed by atoms with E-state index in [2.05, 4.69) is 0 Å². The highest BCUT2D eigenvalue weighted by Crippen LogP contribution is 2.33. The maximum absolute atomic E-state index is 11.8. The molecule has 0 fully saturated rings. The molecule has 0 saturated carbocycles. The first kappa shape index (κ1) is 11.1. The maximum atomic E-state index is 11.8. The molecule has 15 heavy (non-hydrogen) atoms. The van der Waals surface area contributed by atoms with Gasteiger partial charge in [-0.2, -0.15) is 0 Å². The molecule has 0 atom stereocenters. The van der Waals surface area contributed by atoms with Crippen LogP contribution in [0.5, 0.6) is 0 Å². The van der Waals surface area contributed by atoms with E-state index < -0.39 is 0 Å². The van der Waals surface area contributed by atoms with Crippen molar-refractivity contribution in [3.05, 3.63) is 37.5 Å². The fourth-order valence-corrected chi connectivity index (χ4v) is 2.23. The first-order valence-corrected chi connectivity index (χ1v) is 6.28. The Bertz CT molecular complexity index is 444. The zero-order valence-corrected chi connectivity index (χ0v) is 11.7. The summed E-state index contributed by atoms with van der Waals surface area (Å²) >= 11 is 3.80. The number of imide groups is 1. The second-order valence-corrected chi connectivity index (χ2v) is 5.07. The summed E-state index contributed by atoms with van der Waals surface area (Å²) in [6.45, 7) is 0. The van der Waals surface area contributed by atoms with Gasteiger partial charge >= 0.3 is 0 Å². The molecular weight excluding hydrogens is 420 g/mol. The van der Waals surface area contributed by atoms with Crippen molar-refractivity contribution in [1.82, 2.24) is 0 Å². The van der Waals surface area contributed by atoms with Gasteiger partial charge < -0.3 is 0 Å². The summed E-state index contributed by atoms with van der Waals surface area (Å²) in [5, 5.41) is 0. The summed E-state index contributed by atoms with van der Waals surface area (Å²) in [6, 6.07) is 8.93. The van der Waals surface area contributed by atoms with Gasteiger partial charge in [0.2, 0.25) is 0 Å². The molecule has 1 aromatic rings. The minimum Gasteiger partial charge on any atom is -0.268 e. The molecule has 0 radical (unpaired) electrons. The van der Waals surface area contributed by atoms with Crippen molar-refractivity contribution in [3.8, 4) is 0 Å². The lowest BCUT2D eigenvalue weighted by molar-refractivity contribution is -0.120. The third-order valence-electron chi connectivity index (χ3n) is 1.99. The molecule has 5 heteroatoms. The monoisotopic (exact) mass is 425 g/mol. The Morgan fingerprint density at radius 2 is 1.33 bits per heavy atom. The topological polar surface area (TPSA) is 37.4 Å². The summed E-state index contributed by atoms with van der Waals surface area (Å²) < 4.78 is 0.976. The van der Waals surface area contributed by atoms with Gasteiger partial charge in [0.1, 0.15) is 0 Å². The molecule has 0 aromatic heterocycles. The minimum absolute atomic E-state index is 0.240. The molecule has 0 saturated heterocycles. The predicted octanol–water partition coefficient (Wildman–Crippen LogP) is 2.64. The number of rotatable bonds is 1. The number of carbonyl (C=O) groups is 2. The van der Waals surface area contributed by atoms with Crippen LogP contribution in [-0.2, 0) is 9.59 Å². The number of hydrogen-bond donors (Lipinski definition) is 0. The van der Waals surface area contributed by atoms with E-state index in [1.807, 2.05) is 51.2 Å². The fourth-order valence-electron chi connectivity index (χ4n) is 1.29. The van der Waals surface area contributed by atoms with Crippen LogP contribution in [0.1, 0.15) is 0 Å². The zero-order chi connectivity index (χ0) is 11.0. The second kappa shape index (κ2) is 4.20. The van der Waals surface area contributed by atoms with Crippen LogP contribution in [0, 0.1) is 0 Å². The first-order valence-electron chi connectivity index (χ1n) is 4.12. The molecule has 0 aliphatic carbocycles. The summed E-state index contributed by atoms with van der Waals surface area (Å²) in [6.07, 6.45) is 0. The first-order chi connectivity index (χ1) is 7.13. The number of hydrogen-bond acceptors (Lipinski definition) is 2. The quantitative estimate of drug-likeness (QED) is 0.513. The summed E-state index contributed by atoms with van der Waals surface area (Å²) in [7, 11) is 0. The average Bonchev–Trinajstić information content (AvgIpc) is 2.45. The molecule has 0 unspecified atom stereocenters. The lowest BCUT2D eigenvalue weighted by Crippen LogP contribution is -2.30. The Balaban J connectivity index is 2.44. The van der Waals surface area contributed by atoms with Gasteiger partial charge in [0.05, 0.1) is 12.8 Å². The molecule has 1 aliphatic heterocycles. The van der Waals surface area contributed by atoms with E-state index in [4.69, 9.17) is 0 Å². The van der Waals surface area contributed by atoms with Crippen molar-refractivity contribution in [2.75, 3.05) is 4.90 Å². The summed E-state index contributed by atoms with van der Waals surface area (Å²) in [5.41, 5.74) is 0.619. The molecule has 2 amide bonds. The maximum Gasteiger partial charge on any atom is 0.272 e. The van der Waals surface area contributed by atoms with Crippen LogP contribution < -0.4 is 4.90 Å². The Labute approximate surface area is 114 Å². The number of nitrogens with zero attached hydrogens (tertiary/aromatic N) is 1. The Morgan fingerprint density at radius 1 is 0.867 bits per heavy atom. The van der Waals surface area contributed by atoms with Crippen molar-refractivity contribution in [2.24, 2.45) is 0 Å². The van der Waals surface area contributed by atoms with Crippen molar-refractivity contribution < 1.29 is 9.59 Å². The third-order valence-corrected chi connectivity index (χ3v) is 5.02. The SMILES string of the molecule is O=C1C(I)=C(I)C(=O)N1c1ccccc1. The Morgan fingerprint density at radius 3 is 1.80 bits per heavy atom. The average molecular weight is 425 g/mol. The van der Waals surface area contributed by atoms with Gasteiger partial charge in [-0.05, 0) is 57.3 Å². The van der Waals surface area contributed by atoms with Gasteiger partial charge in [-0.25, -0.2) is 4.90 Å². The lowest BCUT2D eigenvalue weighted by Gasteiger charge is -2.13. The lowest BCUT2D eigenvalue weighted by atomic mass is 10.3. The molecule has 1 aliphatic rings. The number of halogens is 2. The van der Waals surface area contributed by atoms with Crippen molar-refractivity contribution in [2.45, 2.75) is 0 Å². The minimum atomic E-state index is -0.240. The molecule has 1 heterocycles. The Kier molecular flexibility index (Phi) is 3.10. The number of benzene rings is 1. The second-order valence-electron chi connectivity index (χ2n) is 2.91. The fraction of sp³-hybridized carbons (Fsp3) is 0. The third kappa shape index (κ3) is 1.82. The van der Waals surface area contributed by atoms with E-state index in [1.54, 1.807) is 24.3 Å². The molecular formula is C10H5I2NO2. The van der Waals surface area contributed by atoms with Gasteiger partial charge in [-0.3, -0.25) is 9.59 Å². The van der Waals surface area contributed by atoms with Crippen LogP contribution in [0.15, 0.2) is 37.5 Å². The van der Waals surface area contributed by atoms with Crippen LogP contribution in [0.2, 0.25) is 0 Å². The molecule has 1 aromatic carbocycles. The summed E-state index contributed by atoms with van der Waals surface area (Å²) in [4.78, 5) is 24.7. The molecule has 0 spiro atoms. The van der Waals surface area contributed by atoms with E-state index in [0.29, 0.717) is 12.8 Å². The molecule has 76 valence electrons. The van der Waals surface area contributed by atoms with Crippen LogP contribution in [0.4, 0.5) is 5.69 Å². The van der Waals surface area contributed by atoms with E-state index in [9.17, 15) is 9.59 Å². The molecule has 0 N–H and O–H groups in total. The Hall–Kier alpha value is -0.440. The van der Waals surface area contributed by atoms with Gasteiger partial charge in [-0.1, -0.05) is 18.2 Å². The normalized spacial score (nSPS) is 16.5. The van der Waals surface area contributed by atoms with Crippen LogP contribution >= 0.6 is 45.2 Å². The van der Waals surface area contributed by atoms with Crippen molar-refractivity contribution in [3.63, 3.8) is 0 Å². The number of carbonyl (C=O) groups excluding carboxylic acids is 2. The van der Waals surface area contributed by atoms with Gasteiger partial charge in [0, 0.05) is 0 Å². The van der Waals surface area contributed by atoms with E-state index in [1.165, 1.54) is 4.90 Å². The van der Waals surface area contributed by atoms with E-state index in [0.717, 1.165) is 0 Å². The highest BCUT2D eigenvalue weighted by Gasteiger charge is 2.36. The predicted molar refractivity (Wildman–Crippen MR) is 74.0 cm³/mol. The van der Waals surface area contributed by atoms with Crippen molar-refractivity contribution >= 4 is 62.7 Å². The van der Waals surface area contributed by atoms with Crippen molar-refractivity contribution in [1.29, 1.82) is 0 Å². The summed E-state index contributed by atoms with van der Waals surface area (Å²) in [5.74, 6) is -0.479. The highest BCUT2D eigenvalue weighted by atomic mass is 127. The van der Waals surface area contributed by atoms with Crippen LogP contribution in [-0.4, -0.2) is 11.8 Å². The van der Waals surface area contributed by atoms with E-state index >= 15 is 0 Å². The zero-order valence-electron chi connectivity index (χ0n) is 7.41. The highest BCUT2D eigenvalue weighted by molar-refractivity contribution is 14.1. The van der Waals surface area contributed by atoms with Crippen LogP contribution in [0.3, 0.4) is 0 Å². The molecule has 2 rings (SSSR count). The smallest absolute Gasteiger partial charge is 0.268 e. The number of amides is 2. The number of para-hydroxylation sites is 1. The van der Waals surface area contributed by atoms with Gasteiger partial charge in [0.25, 0.3) is 11.8 Å².